The molecule has 2 aromatic rings. The third-order valence-corrected chi connectivity index (χ3v) is 2.92. The Bertz CT molecular complexity index is 518. The van der Waals surface area contributed by atoms with E-state index >= 15 is 0 Å². The van der Waals surface area contributed by atoms with Crippen LogP contribution in [0.15, 0.2) is 60.7 Å². The molecule has 0 spiro atoms. The molecule has 0 aliphatic rings. The molecule has 0 bridgehead atoms. The first kappa shape index (κ1) is 10.2. The number of likely N-dealkylation sites (N-methyl/N-ethyl adjacent to an activating group) is 1. The number of nitrogens with zero attached hydrogens (tertiary/aromatic N) is 1. The SMILES string of the molecule is [2H]C([2H])([2H])N(C)CCOC(c1ccccc1)c1ccccc1. The van der Waals surface area contributed by atoms with E-state index in [1.54, 1.807) is 7.05 Å². The van der Waals surface area contributed by atoms with Crippen LogP contribution in [0.25, 0.3) is 0 Å². The van der Waals surface area contributed by atoms with E-state index in [4.69, 9.17) is 8.85 Å². The Morgan fingerprint density at radius 1 is 1.00 bits per heavy atom. The molecule has 0 fully saturated rings. The molecule has 2 aromatic carbocycles. The van der Waals surface area contributed by atoms with Gasteiger partial charge in [-0.15, -0.1) is 0 Å². The Kier molecular flexibility index (Phi) is 3.79. The summed E-state index contributed by atoms with van der Waals surface area (Å²) in [7, 11) is 1.58. The van der Waals surface area contributed by atoms with E-state index in [0.717, 1.165) is 11.1 Å². The second kappa shape index (κ2) is 7.07. The largest absolute Gasteiger partial charge is 0.367 e. The number of benzene rings is 2. The Hall–Kier alpha value is -1.64. The fraction of sp³-hybridized carbons (Fsp3) is 0.294. The maximum atomic E-state index is 7.36. The smallest absolute Gasteiger partial charge is 0.108 e. The highest BCUT2D eigenvalue weighted by molar-refractivity contribution is 5.29. The fourth-order valence-corrected chi connectivity index (χ4v) is 1.95. The van der Waals surface area contributed by atoms with Crippen molar-refractivity contribution in [2.24, 2.45) is 0 Å². The third kappa shape index (κ3) is 4.19. The summed E-state index contributed by atoms with van der Waals surface area (Å²) in [6.07, 6.45) is -0.188. The number of hydrogen-bond acceptors (Lipinski definition) is 2. The van der Waals surface area contributed by atoms with Gasteiger partial charge in [0.1, 0.15) is 6.10 Å². The van der Waals surface area contributed by atoms with E-state index in [-0.39, 0.29) is 6.10 Å². The zero-order valence-electron chi connectivity index (χ0n) is 14.1. The molecule has 0 saturated heterocycles. The minimum absolute atomic E-state index is 0.188. The summed E-state index contributed by atoms with van der Waals surface area (Å²) in [5, 5.41) is 0. The van der Waals surface area contributed by atoms with Gasteiger partial charge in [-0.1, -0.05) is 60.7 Å². The van der Waals surface area contributed by atoms with Crippen LogP contribution in [0.4, 0.5) is 0 Å². The quantitative estimate of drug-likeness (QED) is 0.788. The van der Waals surface area contributed by atoms with Crippen LogP contribution >= 0.6 is 0 Å². The van der Waals surface area contributed by atoms with Gasteiger partial charge in [-0.2, -0.15) is 0 Å². The van der Waals surface area contributed by atoms with Crippen LogP contribution in [-0.4, -0.2) is 32.1 Å². The van der Waals surface area contributed by atoms with Gasteiger partial charge in [0, 0.05) is 10.7 Å². The minimum Gasteiger partial charge on any atom is -0.367 e. The molecule has 0 saturated carbocycles. The molecular weight excluding hydrogens is 234 g/mol. The topological polar surface area (TPSA) is 12.5 Å². The van der Waals surface area contributed by atoms with Crippen LogP contribution < -0.4 is 0 Å². The molecule has 0 aromatic heterocycles. The van der Waals surface area contributed by atoms with E-state index in [9.17, 15) is 0 Å². The van der Waals surface area contributed by atoms with E-state index in [2.05, 4.69) is 0 Å². The Labute approximate surface area is 119 Å². The number of rotatable bonds is 6. The van der Waals surface area contributed by atoms with E-state index in [1.807, 2.05) is 60.7 Å². The molecule has 0 heterocycles. The first-order chi connectivity index (χ1) is 10.5. The van der Waals surface area contributed by atoms with Gasteiger partial charge in [-0.3, -0.25) is 0 Å². The molecule has 2 nitrogen and oxygen atoms in total. The molecule has 0 atom stereocenters. The summed E-state index contributed by atoms with van der Waals surface area (Å²) >= 11 is 0. The lowest BCUT2D eigenvalue weighted by Gasteiger charge is -2.20. The number of hydrogen-bond donors (Lipinski definition) is 0. The fourth-order valence-electron chi connectivity index (χ4n) is 1.95. The first-order valence-electron chi connectivity index (χ1n) is 7.91. The summed E-state index contributed by atoms with van der Waals surface area (Å²) in [5.41, 5.74) is 2.12. The average molecular weight is 258 g/mol. The molecule has 100 valence electrons. The first-order valence-corrected chi connectivity index (χ1v) is 6.41. The Morgan fingerprint density at radius 3 is 2.00 bits per heavy atom. The molecule has 0 unspecified atom stereocenters. The molecule has 0 aliphatic heterocycles. The summed E-state index contributed by atoms with van der Waals surface area (Å²) in [5.74, 6) is 0. The van der Waals surface area contributed by atoms with Crippen LogP contribution in [0.3, 0.4) is 0 Å². The van der Waals surface area contributed by atoms with Gasteiger partial charge < -0.3 is 9.64 Å². The van der Waals surface area contributed by atoms with Crippen molar-refractivity contribution in [2.45, 2.75) is 6.10 Å². The summed E-state index contributed by atoms with van der Waals surface area (Å²) in [4.78, 5) is 1.32. The van der Waals surface area contributed by atoms with Crippen LogP contribution in [0, 0.1) is 0 Å². The summed E-state index contributed by atoms with van der Waals surface area (Å²) < 4.78 is 28.1. The van der Waals surface area contributed by atoms with E-state index < -0.39 is 6.98 Å². The molecule has 0 amide bonds. The lowest BCUT2D eigenvalue weighted by Crippen LogP contribution is -2.20. The second-order valence-corrected chi connectivity index (χ2v) is 4.49. The highest BCUT2D eigenvalue weighted by atomic mass is 16.5. The van der Waals surface area contributed by atoms with Crippen molar-refractivity contribution in [1.82, 2.24) is 4.90 Å². The predicted molar refractivity (Wildman–Crippen MR) is 79.2 cm³/mol. The highest BCUT2D eigenvalue weighted by Crippen LogP contribution is 2.25. The van der Waals surface area contributed by atoms with Gasteiger partial charge in [-0.25, -0.2) is 0 Å². The predicted octanol–water partition coefficient (Wildman–Crippen LogP) is 3.35. The maximum Gasteiger partial charge on any atom is 0.108 e. The van der Waals surface area contributed by atoms with Crippen molar-refractivity contribution in [3.05, 3.63) is 71.8 Å². The lowest BCUT2D eigenvalue weighted by atomic mass is 10.0. The van der Waals surface area contributed by atoms with Crippen LogP contribution in [-0.2, 0) is 4.74 Å². The molecule has 0 N–H and O–H groups in total. The van der Waals surface area contributed by atoms with Gasteiger partial charge in [-0.05, 0) is 25.2 Å². The van der Waals surface area contributed by atoms with Gasteiger partial charge in [0.25, 0.3) is 0 Å². The van der Waals surface area contributed by atoms with Crippen LogP contribution in [0.2, 0.25) is 0 Å². The van der Waals surface area contributed by atoms with Crippen molar-refractivity contribution >= 4 is 0 Å². The highest BCUT2D eigenvalue weighted by Gasteiger charge is 2.13. The van der Waals surface area contributed by atoms with Crippen molar-refractivity contribution in [2.75, 3.05) is 27.2 Å². The van der Waals surface area contributed by atoms with Gasteiger partial charge in [0.15, 0.2) is 0 Å². The Morgan fingerprint density at radius 2 is 1.53 bits per heavy atom. The van der Waals surface area contributed by atoms with Crippen molar-refractivity contribution in [1.29, 1.82) is 0 Å². The molecule has 2 rings (SSSR count). The number of ether oxygens (including phenoxy) is 1. The van der Waals surface area contributed by atoms with Crippen LogP contribution in [0.1, 0.15) is 21.3 Å². The second-order valence-electron chi connectivity index (χ2n) is 4.49. The average Bonchev–Trinajstić information content (AvgIpc) is 2.52. The standard InChI is InChI=1S/C17H21NO/c1-18(2)13-14-19-17(15-9-5-3-6-10-15)16-11-7-4-8-12-16/h3-12,17H,13-14H2,1-2H3/i1D3. The van der Waals surface area contributed by atoms with Crippen LogP contribution in [0.5, 0.6) is 0 Å². The molecule has 0 radical (unpaired) electrons. The zero-order valence-corrected chi connectivity index (χ0v) is 11.1. The van der Waals surface area contributed by atoms with Crippen molar-refractivity contribution in [3.63, 3.8) is 0 Å². The molecule has 19 heavy (non-hydrogen) atoms. The monoisotopic (exact) mass is 258 g/mol. The molecule has 2 heteroatoms. The molecular formula is C17H21NO. The minimum atomic E-state index is -2.08. The molecule has 0 aliphatic carbocycles. The Balaban J connectivity index is 2.07. The van der Waals surface area contributed by atoms with Crippen molar-refractivity contribution in [3.8, 4) is 0 Å². The normalized spacial score (nSPS) is 14.2. The third-order valence-electron chi connectivity index (χ3n) is 2.92. The van der Waals surface area contributed by atoms with Crippen molar-refractivity contribution < 1.29 is 8.85 Å². The van der Waals surface area contributed by atoms with E-state index in [0.29, 0.717) is 13.2 Å². The summed E-state index contributed by atoms with van der Waals surface area (Å²) in [6.45, 7) is -1.38. The van der Waals surface area contributed by atoms with Gasteiger partial charge >= 0.3 is 0 Å². The van der Waals surface area contributed by atoms with E-state index in [1.165, 1.54) is 4.90 Å². The summed E-state index contributed by atoms with van der Waals surface area (Å²) in [6, 6.07) is 19.9. The lowest BCUT2D eigenvalue weighted by molar-refractivity contribution is 0.0687. The van der Waals surface area contributed by atoms with Gasteiger partial charge in [0.05, 0.1) is 6.61 Å². The van der Waals surface area contributed by atoms with Gasteiger partial charge in [0.2, 0.25) is 0 Å². The zero-order chi connectivity index (χ0) is 16.0. The maximum absolute atomic E-state index is 7.36.